The van der Waals surface area contributed by atoms with Crippen molar-refractivity contribution in [3.63, 3.8) is 0 Å². The van der Waals surface area contributed by atoms with E-state index >= 15 is 0 Å². The maximum Gasteiger partial charge on any atom is 0.225 e. The van der Waals surface area contributed by atoms with Crippen molar-refractivity contribution in [1.82, 2.24) is 10.1 Å². The van der Waals surface area contributed by atoms with Crippen LogP contribution in [0.4, 0.5) is 0 Å². The Morgan fingerprint density at radius 3 is 2.52 bits per heavy atom. The van der Waals surface area contributed by atoms with Gasteiger partial charge < -0.3 is 14.2 Å². The van der Waals surface area contributed by atoms with E-state index in [0.29, 0.717) is 32.5 Å². The number of nitrogens with zero attached hydrogens (tertiary/aromatic N) is 2. The lowest BCUT2D eigenvalue weighted by atomic mass is 9.98. The van der Waals surface area contributed by atoms with Crippen LogP contribution in [0.3, 0.4) is 0 Å². The highest BCUT2D eigenvalue weighted by molar-refractivity contribution is 5.77. The number of amides is 1. The molecule has 0 atom stereocenters. The number of hydrogen-bond acceptors (Lipinski definition) is 4. The molecule has 0 spiro atoms. The number of aromatic nitrogens is 1. The Bertz CT molecular complexity index is 916. The maximum atomic E-state index is 12.3. The largest absolute Gasteiger partial charge is 0.384 e. The second-order valence-corrected chi connectivity index (χ2v) is 6.68. The lowest BCUT2D eigenvalue weighted by Gasteiger charge is -2.26. The van der Waals surface area contributed by atoms with Crippen molar-refractivity contribution in [2.75, 3.05) is 20.3 Å². The summed E-state index contributed by atoms with van der Waals surface area (Å²) >= 11 is 0. The molecule has 0 saturated heterocycles. The van der Waals surface area contributed by atoms with Crippen LogP contribution >= 0.6 is 0 Å². The summed E-state index contributed by atoms with van der Waals surface area (Å²) in [7, 11) is 1.61. The van der Waals surface area contributed by atoms with Gasteiger partial charge in [-0.1, -0.05) is 59.8 Å². The van der Waals surface area contributed by atoms with Crippen molar-refractivity contribution in [2.45, 2.75) is 19.4 Å². The summed E-state index contributed by atoms with van der Waals surface area (Å²) < 4.78 is 10.6. The van der Waals surface area contributed by atoms with Gasteiger partial charge in [0.2, 0.25) is 5.91 Å². The first-order valence-electron chi connectivity index (χ1n) is 9.16. The summed E-state index contributed by atoms with van der Waals surface area (Å²) in [5.41, 5.74) is 5.19. The van der Waals surface area contributed by atoms with Gasteiger partial charge >= 0.3 is 0 Å². The minimum absolute atomic E-state index is 0.106. The Hall–Kier alpha value is -2.92. The summed E-state index contributed by atoms with van der Waals surface area (Å²) in [5.74, 6) is 0.988. The Kier molecular flexibility index (Phi) is 5.03. The zero-order chi connectivity index (χ0) is 18.6. The molecule has 3 aromatic rings. The van der Waals surface area contributed by atoms with Crippen LogP contribution in [-0.4, -0.2) is 36.2 Å². The molecule has 1 amide bonds. The summed E-state index contributed by atoms with van der Waals surface area (Å²) in [6.45, 7) is 1.65. The molecule has 4 rings (SSSR count). The number of carbonyl (C=O) groups excluding carboxylic acids is 1. The van der Waals surface area contributed by atoms with Crippen molar-refractivity contribution in [1.29, 1.82) is 0 Å². The third-order valence-electron chi connectivity index (χ3n) is 4.97. The number of benzene rings is 2. The molecule has 0 N–H and O–H groups in total. The van der Waals surface area contributed by atoms with Gasteiger partial charge in [0.15, 0.2) is 0 Å². The van der Waals surface area contributed by atoms with Gasteiger partial charge in [-0.15, -0.1) is 0 Å². The number of carbonyl (C=O) groups is 1. The van der Waals surface area contributed by atoms with E-state index < -0.39 is 0 Å². The second kappa shape index (κ2) is 7.76. The van der Waals surface area contributed by atoms with Gasteiger partial charge in [-0.2, -0.15) is 0 Å². The van der Waals surface area contributed by atoms with Gasteiger partial charge in [0, 0.05) is 31.2 Å². The van der Waals surface area contributed by atoms with E-state index in [4.69, 9.17) is 9.26 Å². The van der Waals surface area contributed by atoms with Crippen LogP contribution in [0, 0.1) is 0 Å². The van der Waals surface area contributed by atoms with Crippen LogP contribution in [0.2, 0.25) is 0 Å². The molecule has 0 saturated carbocycles. The fourth-order valence-corrected chi connectivity index (χ4v) is 3.45. The maximum absolute atomic E-state index is 12.3. The van der Waals surface area contributed by atoms with Gasteiger partial charge in [0.25, 0.3) is 0 Å². The van der Waals surface area contributed by atoms with Crippen LogP contribution in [0.5, 0.6) is 0 Å². The van der Waals surface area contributed by atoms with E-state index in [2.05, 4.69) is 41.6 Å². The molecule has 1 aromatic heterocycles. The van der Waals surface area contributed by atoms with Crippen molar-refractivity contribution in [3.8, 4) is 22.4 Å². The number of rotatable bonds is 5. The van der Waals surface area contributed by atoms with Crippen molar-refractivity contribution in [2.24, 2.45) is 0 Å². The van der Waals surface area contributed by atoms with Crippen LogP contribution in [0.25, 0.3) is 22.4 Å². The fourth-order valence-electron chi connectivity index (χ4n) is 3.45. The first kappa shape index (κ1) is 17.5. The average molecular weight is 362 g/mol. The van der Waals surface area contributed by atoms with Crippen molar-refractivity contribution >= 4 is 5.91 Å². The molecule has 2 aromatic carbocycles. The number of ether oxygens (including phenoxy) is 1. The number of hydrogen-bond donors (Lipinski definition) is 0. The van der Waals surface area contributed by atoms with Crippen LogP contribution in [-0.2, 0) is 22.5 Å². The topological polar surface area (TPSA) is 55.6 Å². The number of fused-ring (bicyclic) bond motifs is 1. The smallest absolute Gasteiger partial charge is 0.225 e. The molecule has 0 radical (unpaired) electrons. The molecule has 5 nitrogen and oxygen atoms in total. The van der Waals surface area contributed by atoms with Crippen LogP contribution in [0.15, 0.2) is 59.1 Å². The fraction of sp³-hybridized carbons (Fsp3) is 0.273. The van der Waals surface area contributed by atoms with E-state index in [-0.39, 0.29) is 5.91 Å². The Morgan fingerprint density at radius 1 is 1.07 bits per heavy atom. The van der Waals surface area contributed by atoms with E-state index in [0.717, 1.165) is 28.1 Å². The molecule has 0 fully saturated rings. The van der Waals surface area contributed by atoms with Gasteiger partial charge in [-0.3, -0.25) is 4.79 Å². The van der Waals surface area contributed by atoms with Gasteiger partial charge in [-0.25, -0.2) is 0 Å². The van der Waals surface area contributed by atoms with E-state index in [1.54, 1.807) is 7.11 Å². The van der Waals surface area contributed by atoms with Crippen LogP contribution < -0.4 is 0 Å². The zero-order valence-corrected chi connectivity index (χ0v) is 15.4. The van der Waals surface area contributed by atoms with Gasteiger partial charge in [0.1, 0.15) is 11.5 Å². The van der Waals surface area contributed by atoms with Gasteiger partial charge in [-0.05, 0) is 11.1 Å². The second-order valence-electron chi connectivity index (χ2n) is 6.68. The Balaban J connectivity index is 1.56. The molecule has 5 heteroatoms. The first-order valence-corrected chi connectivity index (χ1v) is 9.16. The molecular formula is C22H22N2O3. The number of methoxy groups -OCH3 is 1. The molecule has 1 aliphatic rings. The predicted octanol–water partition coefficient (Wildman–Crippen LogP) is 3.93. The summed E-state index contributed by atoms with van der Waals surface area (Å²) in [6.07, 6.45) is 1.10. The lowest BCUT2D eigenvalue weighted by molar-refractivity contribution is -0.133. The summed E-state index contributed by atoms with van der Waals surface area (Å²) in [4.78, 5) is 14.2. The molecule has 2 heterocycles. The molecule has 0 aliphatic carbocycles. The Morgan fingerprint density at radius 2 is 1.78 bits per heavy atom. The minimum Gasteiger partial charge on any atom is -0.384 e. The molecule has 138 valence electrons. The molecule has 27 heavy (non-hydrogen) atoms. The monoisotopic (exact) mass is 362 g/mol. The normalized spacial score (nSPS) is 13.4. The molecule has 1 aliphatic heterocycles. The molecular weight excluding hydrogens is 340 g/mol. The van der Waals surface area contributed by atoms with Crippen LogP contribution in [0.1, 0.15) is 17.7 Å². The third kappa shape index (κ3) is 3.64. The van der Waals surface area contributed by atoms with E-state index in [1.165, 1.54) is 5.56 Å². The van der Waals surface area contributed by atoms with E-state index in [9.17, 15) is 4.79 Å². The first-order chi connectivity index (χ1) is 13.3. The summed E-state index contributed by atoms with van der Waals surface area (Å²) in [6, 6.07) is 18.6. The average Bonchev–Trinajstić information content (AvgIpc) is 3.16. The standard InChI is InChI=1S/C22H22N2O3/c1-26-14-12-21(25)24-13-11-20-19(15-24)22(23-27-20)18-9-7-17(8-10-18)16-5-3-2-4-6-16/h2-10H,11-15H2,1H3. The minimum atomic E-state index is 0.106. The highest BCUT2D eigenvalue weighted by Crippen LogP contribution is 2.31. The van der Waals surface area contributed by atoms with Gasteiger partial charge in [0.05, 0.1) is 19.6 Å². The predicted molar refractivity (Wildman–Crippen MR) is 103 cm³/mol. The highest BCUT2D eigenvalue weighted by Gasteiger charge is 2.27. The molecule has 0 unspecified atom stereocenters. The lowest BCUT2D eigenvalue weighted by Crippen LogP contribution is -2.36. The quantitative estimate of drug-likeness (QED) is 0.690. The SMILES string of the molecule is COCCC(=O)N1CCc2onc(-c3ccc(-c4ccccc4)cc3)c2C1. The summed E-state index contributed by atoms with van der Waals surface area (Å²) in [5, 5.41) is 4.29. The zero-order valence-electron chi connectivity index (χ0n) is 15.4. The molecule has 0 bridgehead atoms. The third-order valence-corrected chi connectivity index (χ3v) is 4.97. The van der Waals surface area contributed by atoms with Crippen molar-refractivity contribution < 1.29 is 14.1 Å². The Labute approximate surface area is 158 Å². The van der Waals surface area contributed by atoms with E-state index in [1.807, 2.05) is 23.1 Å². The van der Waals surface area contributed by atoms with Crippen molar-refractivity contribution in [3.05, 3.63) is 65.9 Å². The highest BCUT2D eigenvalue weighted by atomic mass is 16.5.